The zero-order chi connectivity index (χ0) is 15.6. The van der Waals surface area contributed by atoms with E-state index in [4.69, 9.17) is 0 Å². The minimum atomic E-state index is -3.35. The number of sulfonamides is 1. The van der Waals surface area contributed by atoms with E-state index in [1.54, 1.807) is 18.2 Å². The second-order valence-corrected chi connectivity index (χ2v) is 7.50. The summed E-state index contributed by atoms with van der Waals surface area (Å²) >= 11 is 0. The number of anilines is 1. The lowest BCUT2D eigenvalue weighted by Gasteiger charge is -2.33. The zero-order valence-electron chi connectivity index (χ0n) is 12.7. The van der Waals surface area contributed by atoms with Gasteiger partial charge in [-0.1, -0.05) is 6.07 Å². The van der Waals surface area contributed by atoms with Crippen LogP contribution >= 0.6 is 0 Å². The summed E-state index contributed by atoms with van der Waals surface area (Å²) in [6, 6.07) is 5.39. The van der Waals surface area contributed by atoms with E-state index >= 15 is 0 Å². The molecule has 1 fully saturated rings. The Kier molecular flexibility index (Phi) is 4.56. The molecule has 1 N–H and O–H groups in total. The van der Waals surface area contributed by atoms with Gasteiger partial charge in [0.05, 0.1) is 11.9 Å². The highest BCUT2D eigenvalue weighted by Gasteiger charge is 2.24. The third-order valence-corrected chi connectivity index (χ3v) is 4.43. The first kappa shape index (κ1) is 15.8. The zero-order valence-corrected chi connectivity index (χ0v) is 13.5. The van der Waals surface area contributed by atoms with Crippen LogP contribution in [0.4, 0.5) is 5.69 Å². The number of benzene rings is 1. The summed E-state index contributed by atoms with van der Waals surface area (Å²) in [6.07, 6.45) is 4.30. The highest BCUT2D eigenvalue weighted by atomic mass is 32.2. The molecule has 5 nitrogen and oxygen atoms in total. The number of piperidine rings is 1. The Balaban J connectivity index is 2.27. The Morgan fingerprint density at radius 2 is 2.05 bits per heavy atom. The highest BCUT2D eigenvalue weighted by Crippen LogP contribution is 2.23. The SMILES string of the molecule is Cc1ccc(C(=O)N2CCCC[C@H]2C)cc1NS(C)(=O)=O. The highest BCUT2D eigenvalue weighted by molar-refractivity contribution is 7.92. The number of amides is 1. The molecule has 0 radical (unpaired) electrons. The summed E-state index contributed by atoms with van der Waals surface area (Å²) in [4.78, 5) is 14.5. The van der Waals surface area contributed by atoms with Gasteiger partial charge in [0.2, 0.25) is 10.0 Å². The Labute approximate surface area is 126 Å². The molecule has 0 saturated carbocycles. The number of hydrogen-bond acceptors (Lipinski definition) is 3. The summed E-state index contributed by atoms with van der Waals surface area (Å²) in [5.41, 5.74) is 1.79. The predicted octanol–water partition coefficient (Wildman–Crippen LogP) is 2.38. The number of rotatable bonds is 3. The van der Waals surface area contributed by atoms with E-state index in [9.17, 15) is 13.2 Å². The molecule has 1 aliphatic rings. The Hall–Kier alpha value is -1.56. The molecule has 0 bridgehead atoms. The van der Waals surface area contributed by atoms with Gasteiger partial charge in [0.25, 0.3) is 5.91 Å². The van der Waals surface area contributed by atoms with Gasteiger partial charge in [-0.05, 0) is 50.8 Å². The van der Waals surface area contributed by atoms with Crippen LogP contribution in [0.25, 0.3) is 0 Å². The lowest BCUT2D eigenvalue weighted by Crippen LogP contribution is -2.42. The molecule has 0 spiro atoms. The van der Waals surface area contributed by atoms with Crippen molar-refractivity contribution in [2.75, 3.05) is 17.5 Å². The van der Waals surface area contributed by atoms with Crippen LogP contribution in [0.15, 0.2) is 18.2 Å². The smallest absolute Gasteiger partial charge is 0.254 e. The summed E-state index contributed by atoms with van der Waals surface area (Å²) < 4.78 is 25.2. The normalized spacial score (nSPS) is 19.4. The first-order valence-electron chi connectivity index (χ1n) is 7.17. The Bertz CT molecular complexity index is 640. The van der Waals surface area contributed by atoms with Gasteiger partial charge in [0.15, 0.2) is 0 Å². The molecule has 1 aromatic rings. The van der Waals surface area contributed by atoms with Crippen molar-refractivity contribution in [3.63, 3.8) is 0 Å². The molecule has 2 rings (SSSR count). The molecule has 116 valence electrons. The number of aryl methyl sites for hydroxylation is 1. The van der Waals surface area contributed by atoms with Gasteiger partial charge in [-0.2, -0.15) is 0 Å². The maximum atomic E-state index is 12.6. The van der Waals surface area contributed by atoms with Crippen molar-refractivity contribution < 1.29 is 13.2 Å². The van der Waals surface area contributed by atoms with Crippen LogP contribution in [0.1, 0.15) is 42.1 Å². The van der Waals surface area contributed by atoms with E-state index in [1.165, 1.54) is 0 Å². The number of nitrogens with one attached hydrogen (secondary N) is 1. The minimum Gasteiger partial charge on any atom is -0.336 e. The van der Waals surface area contributed by atoms with Crippen LogP contribution in [0.5, 0.6) is 0 Å². The summed E-state index contributed by atoms with van der Waals surface area (Å²) in [6.45, 7) is 4.63. The maximum Gasteiger partial charge on any atom is 0.254 e. The molecule has 1 saturated heterocycles. The van der Waals surface area contributed by atoms with Crippen LogP contribution < -0.4 is 4.72 Å². The molecule has 6 heteroatoms. The monoisotopic (exact) mass is 310 g/mol. The van der Waals surface area contributed by atoms with Crippen LogP contribution in [0.2, 0.25) is 0 Å². The number of carbonyl (C=O) groups excluding carboxylic acids is 1. The first-order valence-corrected chi connectivity index (χ1v) is 9.06. The largest absolute Gasteiger partial charge is 0.336 e. The quantitative estimate of drug-likeness (QED) is 0.932. The third-order valence-electron chi connectivity index (χ3n) is 3.84. The van der Waals surface area contributed by atoms with Crippen molar-refractivity contribution in [1.29, 1.82) is 0 Å². The van der Waals surface area contributed by atoms with Crippen molar-refractivity contribution in [3.8, 4) is 0 Å². The molecule has 1 aromatic carbocycles. The fourth-order valence-electron chi connectivity index (χ4n) is 2.63. The van der Waals surface area contributed by atoms with Crippen LogP contribution in [-0.4, -0.2) is 38.1 Å². The molecular formula is C15H22N2O3S. The average molecular weight is 310 g/mol. The molecule has 0 aromatic heterocycles. The van der Waals surface area contributed by atoms with Crippen molar-refractivity contribution >= 4 is 21.6 Å². The number of hydrogen-bond donors (Lipinski definition) is 1. The molecule has 0 aliphatic carbocycles. The van der Waals surface area contributed by atoms with E-state index < -0.39 is 10.0 Å². The number of likely N-dealkylation sites (tertiary alicyclic amines) is 1. The third kappa shape index (κ3) is 3.97. The predicted molar refractivity (Wildman–Crippen MR) is 84.0 cm³/mol. The second-order valence-electron chi connectivity index (χ2n) is 5.75. The van der Waals surface area contributed by atoms with Gasteiger partial charge >= 0.3 is 0 Å². The maximum absolute atomic E-state index is 12.6. The topological polar surface area (TPSA) is 66.5 Å². The number of carbonyl (C=O) groups is 1. The van der Waals surface area contributed by atoms with Gasteiger partial charge in [-0.3, -0.25) is 9.52 Å². The van der Waals surface area contributed by atoms with Crippen LogP contribution in [0, 0.1) is 6.92 Å². The van der Waals surface area contributed by atoms with Crippen molar-refractivity contribution in [1.82, 2.24) is 4.90 Å². The molecule has 0 unspecified atom stereocenters. The first-order chi connectivity index (χ1) is 9.78. The Morgan fingerprint density at radius 1 is 1.33 bits per heavy atom. The number of nitrogens with zero attached hydrogens (tertiary/aromatic N) is 1. The van der Waals surface area contributed by atoms with Gasteiger partial charge in [0.1, 0.15) is 0 Å². The lowest BCUT2D eigenvalue weighted by atomic mass is 10.0. The molecule has 1 atom stereocenters. The summed E-state index contributed by atoms with van der Waals surface area (Å²) in [7, 11) is -3.35. The molecular weight excluding hydrogens is 288 g/mol. The minimum absolute atomic E-state index is 0.0289. The van der Waals surface area contributed by atoms with Gasteiger partial charge < -0.3 is 4.90 Å². The fraction of sp³-hybridized carbons (Fsp3) is 0.533. The van der Waals surface area contributed by atoms with E-state index in [0.717, 1.165) is 37.6 Å². The van der Waals surface area contributed by atoms with E-state index in [-0.39, 0.29) is 11.9 Å². The summed E-state index contributed by atoms with van der Waals surface area (Å²) in [5, 5.41) is 0. The molecule has 1 aliphatic heterocycles. The van der Waals surface area contributed by atoms with E-state index in [2.05, 4.69) is 11.6 Å². The van der Waals surface area contributed by atoms with Crippen molar-refractivity contribution in [2.45, 2.75) is 39.2 Å². The van der Waals surface area contributed by atoms with Crippen LogP contribution in [-0.2, 0) is 10.0 Å². The standard InChI is InChI=1S/C15H22N2O3S/c1-11-7-8-13(10-14(11)16-21(3,19)20)15(18)17-9-5-4-6-12(17)2/h7-8,10,12,16H,4-6,9H2,1-3H3/t12-/m1/s1. The average Bonchev–Trinajstić information content (AvgIpc) is 2.39. The summed E-state index contributed by atoms with van der Waals surface area (Å²) in [5.74, 6) is -0.0289. The van der Waals surface area contributed by atoms with Gasteiger partial charge in [-0.15, -0.1) is 0 Å². The fourth-order valence-corrected chi connectivity index (χ4v) is 3.25. The van der Waals surface area contributed by atoms with Gasteiger partial charge in [-0.25, -0.2) is 8.42 Å². The van der Waals surface area contributed by atoms with Crippen LogP contribution in [0.3, 0.4) is 0 Å². The Morgan fingerprint density at radius 3 is 2.67 bits per heavy atom. The van der Waals surface area contributed by atoms with Crippen molar-refractivity contribution in [3.05, 3.63) is 29.3 Å². The van der Waals surface area contributed by atoms with E-state index in [0.29, 0.717) is 11.3 Å². The van der Waals surface area contributed by atoms with E-state index in [1.807, 2.05) is 11.8 Å². The molecule has 21 heavy (non-hydrogen) atoms. The second kappa shape index (κ2) is 6.05. The molecule has 1 heterocycles. The van der Waals surface area contributed by atoms with Gasteiger partial charge in [0, 0.05) is 18.2 Å². The van der Waals surface area contributed by atoms with Crippen molar-refractivity contribution in [2.24, 2.45) is 0 Å². The molecule has 1 amide bonds. The lowest BCUT2D eigenvalue weighted by molar-refractivity contribution is 0.0635.